The summed E-state index contributed by atoms with van der Waals surface area (Å²) in [5, 5.41) is 12.2. The third-order valence-electron chi connectivity index (χ3n) is 7.22. The number of alkyl carbamates (subject to hydrolysis) is 1. The van der Waals surface area contributed by atoms with Gasteiger partial charge >= 0.3 is 12.1 Å². The Morgan fingerprint density at radius 1 is 1.12 bits per heavy atom. The molecule has 0 radical (unpaired) electrons. The molecule has 3 atom stereocenters. The average molecular weight is 451 g/mol. The number of fused-ring (bicyclic) bond motifs is 3. The summed E-state index contributed by atoms with van der Waals surface area (Å²) in [5.74, 6) is -1.70. The van der Waals surface area contributed by atoms with Gasteiger partial charge in [0, 0.05) is 25.6 Å². The van der Waals surface area contributed by atoms with Crippen LogP contribution in [0.4, 0.5) is 4.79 Å². The van der Waals surface area contributed by atoms with Crippen molar-refractivity contribution in [2.45, 2.75) is 26.7 Å². The molecule has 174 valence electrons. The number of likely N-dealkylation sites (tertiary alicyclic amines) is 1. The molecule has 4 rings (SSSR count). The minimum atomic E-state index is -0.949. The van der Waals surface area contributed by atoms with E-state index in [1.165, 1.54) is 0 Å². The molecule has 2 aromatic rings. The third kappa shape index (κ3) is 4.19. The number of aliphatic carboxylic acids is 1. The van der Waals surface area contributed by atoms with Gasteiger partial charge in [0.1, 0.15) is 6.61 Å². The number of ether oxygens (including phenoxy) is 1. The topological polar surface area (TPSA) is 95.9 Å². The van der Waals surface area contributed by atoms with E-state index in [0.29, 0.717) is 6.54 Å². The lowest BCUT2D eigenvalue weighted by atomic mass is 9.81. The summed E-state index contributed by atoms with van der Waals surface area (Å²) in [5.41, 5.74) is 3.65. The molecular formula is C26H30N2O5. The lowest BCUT2D eigenvalue weighted by Crippen LogP contribution is -2.41. The van der Waals surface area contributed by atoms with Crippen LogP contribution in [0.25, 0.3) is 11.1 Å². The first-order valence-electron chi connectivity index (χ1n) is 11.3. The van der Waals surface area contributed by atoms with Crippen molar-refractivity contribution in [2.75, 3.05) is 26.2 Å². The molecule has 7 heteroatoms. The number of benzene rings is 2. The molecule has 1 heterocycles. The highest BCUT2D eigenvalue weighted by Gasteiger charge is 2.48. The van der Waals surface area contributed by atoms with Crippen molar-refractivity contribution in [1.82, 2.24) is 10.2 Å². The van der Waals surface area contributed by atoms with E-state index in [-0.39, 0.29) is 37.4 Å². The molecular weight excluding hydrogens is 420 g/mol. The number of nitrogens with one attached hydrogen (secondary N) is 1. The van der Waals surface area contributed by atoms with Gasteiger partial charge in [0.25, 0.3) is 0 Å². The number of carbonyl (C=O) groups excluding carboxylic acids is 2. The molecule has 1 aliphatic heterocycles. The Labute approximate surface area is 193 Å². The van der Waals surface area contributed by atoms with Crippen LogP contribution < -0.4 is 5.32 Å². The Hall–Kier alpha value is -3.35. The van der Waals surface area contributed by atoms with Gasteiger partial charge in [0.2, 0.25) is 5.91 Å². The fourth-order valence-corrected chi connectivity index (χ4v) is 4.88. The molecule has 0 bridgehead atoms. The van der Waals surface area contributed by atoms with Crippen molar-refractivity contribution in [3.63, 3.8) is 0 Å². The highest BCUT2D eigenvalue weighted by molar-refractivity contribution is 5.83. The van der Waals surface area contributed by atoms with Crippen LogP contribution in [-0.2, 0) is 14.3 Å². The second-order valence-corrected chi connectivity index (χ2v) is 9.45. The van der Waals surface area contributed by atoms with E-state index in [2.05, 4.69) is 29.6 Å². The number of hydrogen-bond donors (Lipinski definition) is 2. The van der Waals surface area contributed by atoms with E-state index >= 15 is 0 Å². The molecule has 1 saturated heterocycles. The van der Waals surface area contributed by atoms with Crippen molar-refractivity contribution in [3.8, 4) is 11.1 Å². The van der Waals surface area contributed by atoms with Crippen LogP contribution in [0.2, 0.25) is 0 Å². The van der Waals surface area contributed by atoms with Crippen molar-refractivity contribution < 1.29 is 24.2 Å². The maximum atomic E-state index is 12.8. The number of carboxylic acids is 1. The summed E-state index contributed by atoms with van der Waals surface area (Å²) in [6.07, 6.45) is -0.568. The van der Waals surface area contributed by atoms with Gasteiger partial charge in [0.15, 0.2) is 0 Å². The van der Waals surface area contributed by atoms with Gasteiger partial charge < -0.3 is 20.1 Å². The molecule has 0 aromatic heterocycles. The Kier molecular flexibility index (Phi) is 6.15. The van der Waals surface area contributed by atoms with Gasteiger partial charge in [-0.3, -0.25) is 9.59 Å². The molecule has 33 heavy (non-hydrogen) atoms. The van der Waals surface area contributed by atoms with E-state index in [9.17, 15) is 19.5 Å². The standard InChI is InChI=1S/C26H30N2O5/c1-16(23(29)28-13-17(2)26(3,15-28)24(30)31)12-27-25(32)33-14-22-20-10-6-4-8-18(20)19-9-5-7-11-21(19)22/h4-11,16-17,22H,12-15H2,1-3H3,(H,27,32)(H,30,31)/t16?,17-,26-/m1/s1. The maximum Gasteiger partial charge on any atom is 0.407 e. The van der Waals surface area contributed by atoms with Crippen LogP contribution in [-0.4, -0.2) is 54.2 Å². The third-order valence-corrected chi connectivity index (χ3v) is 7.22. The Balaban J connectivity index is 1.31. The SMILES string of the molecule is CC(CNC(=O)OCC1c2ccccc2-c2ccccc21)C(=O)N1C[C@@H](C)[C@](C)(C(=O)O)C1. The van der Waals surface area contributed by atoms with Gasteiger partial charge in [-0.05, 0) is 35.1 Å². The lowest BCUT2D eigenvalue weighted by Gasteiger charge is -2.24. The summed E-state index contributed by atoms with van der Waals surface area (Å²) in [4.78, 5) is 38.4. The molecule has 1 fully saturated rings. The zero-order chi connectivity index (χ0) is 23.8. The van der Waals surface area contributed by atoms with Gasteiger partial charge in [-0.25, -0.2) is 4.79 Å². The first kappa shape index (κ1) is 22.8. The Bertz CT molecular complexity index is 1040. The van der Waals surface area contributed by atoms with E-state index in [1.54, 1.807) is 18.7 Å². The van der Waals surface area contributed by atoms with Crippen molar-refractivity contribution >= 4 is 18.0 Å². The quantitative estimate of drug-likeness (QED) is 0.699. The second kappa shape index (κ2) is 8.89. The lowest BCUT2D eigenvalue weighted by molar-refractivity contribution is -0.149. The number of carboxylic acid groups (broad SMARTS) is 1. The second-order valence-electron chi connectivity index (χ2n) is 9.45. The van der Waals surface area contributed by atoms with E-state index in [0.717, 1.165) is 22.3 Å². The Morgan fingerprint density at radius 3 is 2.24 bits per heavy atom. The minimum Gasteiger partial charge on any atom is -0.481 e. The first-order valence-corrected chi connectivity index (χ1v) is 11.3. The summed E-state index contributed by atoms with van der Waals surface area (Å²) < 4.78 is 5.52. The molecule has 2 aliphatic rings. The zero-order valence-electron chi connectivity index (χ0n) is 19.2. The highest BCUT2D eigenvalue weighted by atomic mass is 16.5. The number of amides is 2. The molecule has 1 unspecified atom stereocenters. The molecule has 2 aromatic carbocycles. The highest BCUT2D eigenvalue weighted by Crippen LogP contribution is 2.44. The summed E-state index contributed by atoms with van der Waals surface area (Å²) in [7, 11) is 0. The smallest absolute Gasteiger partial charge is 0.407 e. The van der Waals surface area contributed by atoms with Crippen LogP contribution >= 0.6 is 0 Å². The van der Waals surface area contributed by atoms with Gasteiger partial charge in [-0.1, -0.05) is 62.4 Å². The maximum absolute atomic E-state index is 12.8. The molecule has 2 amide bonds. The minimum absolute atomic E-state index is 0.0259. The van der Waals surface area contributed by atoms with E-state index in [1.807, 2.05) is 31.2 Å². The summed E-state index contributed by atoms with van der Waals surface area (Å²) >= 11 is 0. The number of hydrogen-bond acceptors (Lipinski definition) is 4. The van der Waals surface area contributed by atoms with Crippen LogP contribution in [0.5, 0.6) is 0 Å². The van der Waals surface area contributed by atoms with Crippen LogP contribution in [0.15, 0.2) is 48.5 Å². The largest absolute Gasteiger partial charge is 0.481 e. The number of carbonyl (C=O) groups is 3. The normalized spacial score (nSPS) is 22.4. The van der Waals surface area contributed by atoms with Gasteiger partial charge in [-0.15, -0.1) is 0 Å². The monoisotopic (exact) mass is 450 g/mol. The zero-order valence-corrected chi connectivity index (χ0v) is 19.2. The fourth-order valence-electron chi connectivity index (χ4n) is 4.88. The van der Waals surface area contributed by atoms with Crippen LogP contribution in [0.1, 0.15) is 37.8 Å². The van der Waals surface area contributed by atoms with E-state index < -0.39 is 23.4 Å². The van der Waals surface area contributed by atoms with Crippen molar-refractivity contribution in [3.05, 3.63) is 59.7 Å². The number of rotatable bonds is 6. The van der Waals surface area contributed by atoms with Crippen LogP contribution in [0, 0.1) is 17.3 Å². The van der Waals surface area contributed by atoms with Crippen molar-refractivity contribution in [2.24, 2.45) is 17.3 Å². The first-order chi connectivity index (χ1) is 15.7. The molecule has 1 aliphatic carbocycles. The number of nitrogens with zero attached hydrogens (tertiary/aromatic N) is 1. The van der Waals surface area contributed by atoms with Crippen molar-refractivity contribution in [1.29, 1.82) is 0 Å². The fraction of sp³-hybridized carbons (Fsp3) is 0.423. The van der Waals surface area contributed by atoms with Gasteiger partial charge in [0.05, 0.1) is 11.3 Å². The van der Waals surface area contributed by atoms with Gasteiger partial charge in [-0.2, -0.15) is 0 Å². The molecule has 0 spiro atoms. The Morgan fingerprint density at radius 2 is 1.70 bits per heavy atom. The molecule has 7 nitrogen and oxygen atoms in total. The van der Waals surface area contributed by atoms with Crippen LogP contribution in [0.3, 0.4) is 0 Å². The molecule has 0 saturated carbocycles. The summed E-state index contributed by atoms with van der Waals surface area (Å²) in [6.45, 7) is 6.17. The molecule has 2 N–H and O–H groups in total. The predicted octanol–water partition coefficient (Wildman–Crippen LogP) is 3.73. The predicted molar refractivity (Wildman–Crippen MR) is 124 cm³/mol. The van der Waals surface area contributed by atoms with E-state index in [4.69, 9.17) is 4.74 Å². The summed E-state index contributed by atoms with van der Waals surface area (Å²) in [6, 6.07) is 16.3. The average Bonchev–Trinajstić information content (AvgIpc) is 3.30.